The van der Waals surface area contributed by atoms with Crippen LogP contribution in [0.4, 0.5) is 0 Å². The number of nitrogens with one attached hydrogen (secondary N) is 1. The van der Waals surface area contributed by atoms with Crippen LogP contribution in [0.5, 0.6) is 0 Å². The summed E-state index contributed by atoms with van der Waals surface area (Å²) in [5.74, 6) is 1.60. The summed E-state index contributed by atoms with van der Waals surface area (Å²) in [5, 5.41) is 7.05. The molecule has 0 aliphatic rings. The van der Waals surface area contributed by atoms with Crippen LogP contribution < -0.4 is 5.32 Å². The van der Waals surface area contributed by atoms with Crippen molar-refractivity contribution in [2.24, 2.45) is 0 Å². The SMILES string of the molecule is Cc1cc(CNCc2ncccn2)no1. The molecule has 0 radical (unpaired) electrons. The number of aryl methyl sites for hydroxylation is 1. The first kappa shape index (κ1) is 9.79. The highest BCUT2D eigenvalue weighted by Crippen LogP contribution is 2.00. The molecule has 0 atom stereocenters. The molecular formula is C10H12N4O. The third kappa shape index (κ3) is 2.85. The number of hydrogen-bond acceptors (Lipinski definition) is 5. The summed E-state index contributed by atoms with van der Waals surface area (Å²) >= 11 is 0. The van der Waals surface area contributed by atoms with E-state index in [1.165, 1.54) is 0 Å². The zero-order chi connectivity index (χ0) is 10.5. The minimum absolute atomic E-state index is 0.632. The molecule has 0 fully saturated rings. The van der Waals surface area contributed by atoms with Crippen molar-refractivity contribution < 1.29 is 4.52 Å². The molecule has 2 rings (SSSR count). The minimum atomic E-state index is 0.632. The predicted molar refractivity (Wildman–Crippen MR) is 53.8 cm³/mol. The lowest BCUT2D eigenvalue weighted by Crippen LogP contribution is -2.14. The van der Waals surface area contributed by atoms with Gasteiger partial charge < -0.3 is 9.84 Å². The molecule has 1 N–H and O–H groups in total. The lowest BCUT2D eigenvalue weighted by Gasteiger charge is -1.99. The average molecular weight is 204 g/mol. The number of aromatic nitrogens is 3. The van der Waals surface area contributed by atoms with Gasteiger partial charge in [0.25, 0.3) is 0 Å². The van der Waals surface area contributed by atoms with Gasteiger partial charge in [0.1, 0.15) is 11.6 Å². The standard InChI is InChI=1S/C10H12N4O/c1-8-5-9(14-15-8)6-11-7-10-12-3-2-4-13-10/h2-5,11H,6-7H2,1H3. The normalized spacial score (nSPS) is 10.5. The Morgan fingerprint density at radius 2 is 2.07 bits per heavy atom. The van der Waals surface area contributed by atoms with Crippen LogP contribution in [-0.2, 0) is 13.1 Å². The molecule has 0 spiro atoms. The minimum Gasteiger partial charge on any atom is -0.361 e. The second-order valence-corrected chi connectivity index (χ2v) is 3.20. The summed E-state index contributed by atoms with van der Waals surface area (Å²) in [6.45, 7) is 3.17. The summed E-state index contributed by atoms with van der Waals surface area (Å²) in [6.07, 6.45) is 3.45. The quantitative estimate of drug-likeness (QED) is 0.806. The molecule has 0 aliphatic heterocycles. The monoisotopic (exact) mass is 204 g/mol. The van der Waals surface area contributed by atoms with Gasteiger partial charge in [0.15, 0.2) is 0 Å². The van der Waals surface area contributed by atoms with E-state index in [1.54, 1.807) is 18.5 Å². The van der Waals surface area contributed by atoms with Crippen molar-refractivity contribution in [2.75, 3.05) is 0 Å². The first-order chi connectivity index (χ1) is 7.34. The highest BCUT2D eigenvalue weighted by molar-refractivity contribution is 5.03. The van der Waals surface area contributed by atoms with Gasteiger partial charge in [-0.3, -0.25) is 0 Å². The van der Waals surface area contributed by atoms with Gasteiger partial charge in [0, 0.05) is 25.0 Å². The first-order valence-corrected chi connectivity index (χ1v) is 4.73. The second-order valence-electron chi connectivity index (χ2n) is 3.20. The Morgan fingerprint density at radius 3 is 2.73 bits per heavy atom. The largest absolute Gasteiger partial charge is 0.361 e. The lowest BCUT2D eigenvalue weighted by atomic mass is 10.4. The highest BCUT2D eigenvalue weighted by atomic mass is 16.5. The van der Waals surface area contributed by atoms with E-state index in [-0.39, 0.29) is 0 Å². The van der Waals surface area contributed by atoms with E-state index in [0.29, 0.717) is 13.1 Å². The van der Waals surface area contributed by atoms with Gasteiger partial charge in [-0.2, -0.15) is 0 Å². The summed E-state index contributed by atoms with van der Waals surface area (Å²) < 4.78 is 4.95. The van der Waals surface area contributed by atoms with Crippen molar-refractivity contribution in [2.45, 2.75) is 20.0 Å². The predicted octanol–water partition coefficient (Wildman–Crippen LogP) is 1.06. The molecule has 15 heavy (non-hydrogen) atoms. The van der Waals surface area contributed by atoms with Gasteiger partial charge in [0.2, 0.25) is 0 Å². The van der Waals surface area contributed by atoms with Crippen LogP contribution >= 0.6 is 0 Å². The maximum Gasteiger partial charge on any atom is 0.141 e. The number of hydrogen-bond donors (Lipinski definition) is 1. The van der Waals surface area contributed by atoms with E-state index in [0.717, 1.165) is 17.3 Å². The van der Waals surface area contributed by atoms with Crippen LogP contribution in [0.15, 0.2) is 29.0 Å². The lowest BCUT2D eigenvalue weighted by molar-refractivity contribution is 0.388. The fourth-order valence-corrected chi connectivity index (χ4v) is 1.22. The zero-order valence-electron chi connectivity index (χ0n) is 8.47. The van der Waals surface area contributed by atoms with Crippen LogP contribution in [0.25, 0.3) is 0 Å². The van der Waals surface area contributed by atoms with Crippen molar-refractivity contribution in [3.63, 3.8) is 0 Å². The zero-order valence-corrected chi connectivity index (χ0v) is 8.47. The molecule has 2 aromatic rings. The Balaban J connectivity index is 1.80. The summed E-state index contributed by atoms with van der Waals surface area (Å²) in [4.78, 5) is 8.20. The maximum absolute atomic E-state index is 4.95. The molecule has 78 valence electrons. The van der Waals surface area contributed by atoms with Crippen LogP contribution in [0.1, 0.15) is 17.3 Å². The number of rotatable bonds is 4. The van der Waals surface area contributed by atoms with E-state index < -0.39 is 0 Å². The Labute approximate surface area is 87.5 Å². The second kappa shape index (κ2) is 4.65. The van der Waals surface area contributed by atoms with Crippen molar-refractivity contribution in [1.29, 1.82) is 0 Å². The molecule has 2 aromatic heterocycles. The van der Waals surface area contributed by atoms with Crippen LogP contribution in [0, 0.1) is 6.92 Å². The Bertz CT molecular complexity index is 412. The van der Waals surface area contributed by atoms with E-state index in [1.807, 2.05) is 13.0 Å². The van der Waals surface area contributed by atoms with Crippen molar-refractivity contribution >= 4 is 0 Å². The highest BCUT2D eigenvalue weighted by Gasteiger charge is 1.99. The molecule has 0 aromatic carbocycles. The fourth-order valence-electron chi connectivity index (χ4n) is 1.22. The molecule has 0 amide bonds. The third-order valence-electron chi connectivity index (χ3n) is 1.89. The molecular weight excluding hydrogens is 192 g/mol. The maximum atomic E-state index is 4.95. The average Bonchev–Trinajstić information content (AvgIpc) is 2.66. The van der Waals surface area contributed by atoms with Gasteiger partial charge >= 0.3 is 0 Å². The van der Waals surface area contributed by atoms with Crippen molar-refractivity contribution in [1.82, 2.24) is 20.4 Å². The topological polar surface area (TPSA) is 63.8 Å². The van der Waals surface area contributed by atoms with Crippen molar-refractivity contribution in [3.05, 3.63) is 41.8 Å². The van der Waals surface area contributed by atoms with E-state index >= 15 is 0 Å². The first-order valence-electron chi connectivity index (χ1n) is 4.73. The Kier molecular flexibility index (Phi) is 3.04. The van der Waals surface area contributed by atoms with E-state index in [4.69, 9.17) is 4.52 Å². The van der Waals surface area contributed by atoms with Crippen molar-refractivity contribution in [3.8, 4) is 0 Å². The van der Waals surface area contributed by atoms with Gasteiger partial charge in [-0.1, -0.05) is 5.16 Å². The summed E-state index contributed by atoms with van der Waals surface area (Å²) in [5.41, 5.74) is 0.892. The van der Waals surface area contributed by atoms with Gasteiger partial charge in [-0.05, 0) is 13.0 Å². The van der Waals surface area contributed by atoms with Crippen LogP contribution in [-0.4, -0.2) is 15.1 Å². The molecule has 5 nitrogen and oxygen atoms in total. The van der Waals surface area contributed by atoms with Gasteiger partial charge in [0.05, 0.1) is 12.2 Å². The van der Waals surface area contributed by atoms with E-state index in [2.05, 4.69) is 20.4 Å². The summed E-state index contributed by atoms with van der Waals surface area (Å²) in [6, 6.07) is 3.70. The number of nitrogens with zero attached hydrogens (tertiary/aromatic N) is 3. The van der Waals surface area contributed by atoms with Gasteiger partial charge in [-0.25, -0.2) is 9.97 Å². The Hall–Kier alpha value is -1.75. The summed E-state index contributed by atoms with van der Waals surface area (Å²) in [7, 11) is 0. The molecule has 0 unspecified atom stereocenters. The molecule has 0 saturated heterocycles. The third-order valence-corrected chi connectivity index (χ3v) is 1.89. The smallest absolute Gasteiger partial charge is 0.141 e. The van der Waals surface area contributed by atoms with Crippen LogP contribution in [0.3, 0.4) is 0 Å². The Morgan fingerprint density at radius 1 is 1.27 bits per heavy atom. The molecule has 2 heterocycles. The van der Waals surface area contributed by atoms with Gasteiger partial charge in [-0.15, -0.1) is 0 Å². The molecule has 0 saturated carbocycles. The molecule has 5 heteroatoms. The molecule has 0 aliphatic carbocycles. The fraction of sp³-hybridized carbons (Fsp3) is 0.300. The van der Waals surface area contributed by atoms with Crippen LogP contribution in [0.2, 0.25) is 0 Å². The molecule has 0 bridgehead atoms. The van der Waals surface area contributed by atoms with E-state index in [9.17, 15) is 0 Å².